The van der Waals surface area contributed by atoms with Gasteiger partial charge in [-0.2, -0.15) is 0 Å². The SMILES string of the molecule is C#CCNC(=O)COc1ccc(S(C)(=O)=O)cc1. The average molecular weight is 267 g/mol. The zero-order chi connectivity index (χ0) is 13.6. The number of ether oxygens (including phenoxy) is 1. The number of amides is 1. The highest BCUT2D eigenvalue weighted by molar-refractivity contribution is 7.90. The van der Waals surface area contributed by atoms with Gasteiger partial charge in [0.05, 0.1) is 11.4 Å². The van der Waals surface area contributed by atoms with Gasteiger partial charge in [0.1, 0.15) is 5.75 Å². The third-order valence-corrected chi connectivity index (χ3v) is 3.14. The minimum absolute atomic E-state index is 0.148. The van der Waals surface area contributed by atoms with E-state index in [0.29, 0.717) is 5.75 Å². The van der Waals surface area contributed by atoms with Crippen LogP contribution < -0.4 is 10.1 Å². The molecule has 0 atom stereocenters. The van der Waals surface area contributed by atoms with Gasteiger partial charge in [0.15, 0.2) is 16.4 Å². The van der Waals surface area contributed by atoms with Crippen LogP contribution in [0.3, 0.4) is 0 Å². The number of nitrogens with one attached hydrogen (secondary N) is 1. The second-order valence-corrected chi connectivity index (χ2v) is 5.53. The van der Waals surface area contributed by atoms with Gasteiger partial charge in [-0.05, 0) is 24.3 Å². The summed E-state index contributed by atoms with van der Waals surface area (Å²) in [4.78, 5) is 11.4. The highest BCUT2D eigenvalue weighted by atomic mass is 32.2. The molecule has 0 bridgehead atoms. The van der Waals surface area contributed by atoms with Crippen molar-refractivity contribution in [2.75, 3.05) is 19.4 Å². The zero-order valence-corrected chi connectivity index (χ0v) is 10.7. The molecule has 0 radical (unpaired) electrons. The summed E-state index contributed by atoms with van der Waals surface area (Å²) in [6.07, 6.45) is 6.10. The van der Waals surface area contributed by atoms with Crippen molar-refractivity contribution in [1.29, 1.82) is 0 Å². The maximum absolute atomic E-state index is 11.2. The number of hydrogen-bond donors (Lipinski definition) is 1. The topological polar surface area (TPSA) is 72.5 Å². The number of sulfone groups is 1. The lowest BCUT2D eigenvalue weighted by Crippen LogP contribution is -2.29. The largest absolute Gasteiger partial charge is 0.484 e. The minimum atomic E-state index is -3.22. The molecule has 0 aliphatic carbocycles. The number of terminal acetylenes is 1. The van der Waals surface area contributed by atoms with Crippen LogP contribution in [-0.2, 0) is 14.6 Å². The number of hydrogen-bond acceptors (Lipinski definition) is 4. The van der Waals surface area contributed by atoms with Crippen LogP contribution >= 0.6 is 0 Å². The Kier molecular flexibility index (Phi) is 4.75. The summed E-state index contributed by atoms with van der Waals surface area (Å²) in [5.74, 6) is 2.35. The highest BCUT2D eigenvalue weighted by Gasteiger charge is 2.07. The van der Waals surface area contributed by atoms with Gasteiger partial charge in [0, 0.05) is 6.26 Å². The molecule has 18 heavy (non-hydrogen) atoms. The second-order valence-electron chi connectivity index (χ2n) is 3.51. The molecule has 0 aromatic heterocycles. The van der Waals surface area contributed by atoms with Crippen LogP contribution in [0.2, 0.25) is 0 Å². The Labute approximate surface area is 106 Å². The van der Waals surface area contributed by atoms with E-state index < -0.39 is 9.84 Å². The molecule has 0 aliphatic heterocycles. The van der Waals surface area contributed by atoms with Crippen LogP contribution in [0.15, 0.2) is 29.2 Å². The van der Waals surface area contributed by atoms with Crippen molar-refractivity contribution < 1.29 is 17.9 Å². The number of carbonyl (C=O) groups excluding carboxylic acids is 1. The lowest BCUT2D eigenvalue weighted by Gasteiger charge is -2.06. The smallest absolute Gasteiger partial charge is 0.258 e. The van der Waals surface area contributed by atoms with E-state index in [1.165, 1.54) is 24.3 Å². The molecule has 96 valence electrons. The van der Waals surface area contributed by atoms with E-state index in [1.54, 1.807) is 0 Å². The van der Waals surface area contributed by atoms with Crippen LogP contribution in [-0.4, -0.2) is 33.7 Å². The molecule has 6 heteroatoms. The molecule has 1 N–H and O–H groups in total. The summed E-state index contributed by atoms with van der Waals surface area (Å²) in [7, 11) is -3.22. The number of carbonyl (C=O) groups is 1. The van der Waals surface area contributed by atoms with Crippen LogP contribution in [0, 0.1) is 12.3 Å². The summed E-state index contributed by atoms with van der Waals surface area (Å²) in [5, 5.41) is 2.44. The van der Waals surface area contributed by atoms with E-state index in [1.807, 2.05) is 0 Å². The fourth-order valence-corrected chi connectivity index (χ4v) is 1.76. The lowest BCUT2D eigenvalue weighted by atomic mass is 10.3. The van der Waals surface area contributed by atoms with Crippen molar-refractivity contribution >= 4 is 15.7 Å². The molecule has 5 nitrogen and oxygen atoms in total. The Morgan fingerprint density at radius 3 is 2.50 bits per heavy atom. The number of benzene rings is 1. The van der Waals surface area contributed by atoms with Crippen LogP contribution in [0.5, 0.6) is 5.75 Å². The maximum Gasteiger partial charge on any atom is 0.258 e. The summed E-state index contributed by atoms with van der Waals surface area (Å²) in [5.41, 5.74) is 0. The molecule has 0 saturated carbocycles. The maximum atomic E-state index is 11.2. The first-order valence-corrected chi connectivity index (χ1v) is 6.95. The molecular formula is C12H13NO4S. The van der Waals surface area contributed by atoms with Crippen molar-refractivity contribution in [3.63, 3.8) is 0 Å². The monoisotopic (exact) mass is 267 g/mol. The third kappa shape index (κ3) is 4.47. The quantitative estimate of drug-likeness (QED) is 0.775. The van der Waals surface area contributed by atoms with Crippen molar-refractivity contribution in [2.45, 2.75) is 4.90 Å². The first kappa shape index (κ1) is 14.1. The average Bonchev–Trinajstić information content (AvgIpc) is 2.33. The van der Waals surface area contributed by atoms with Gasteiger partial charge >= 0.3 is 0 Å². The Hall–Kier alpha value is -2.00. The lowest BCUT2D eigenvalue weighted by molar-refractivity contribution is -0.122. The Bertz CT molecular complexity index is 555. The van der Waals surface area contributed by atoms with Crippen LogP contribution in [0.4, 0.5) is 0 Å². The highest BCUT2D eigenvalue weighted by Crippen LogP contribution is 2.15. The van der Waals surface area contributed by atoms with Crippen molar-refractivity contribution in [1.82, 2.24) is 5.32 Å². The molecule has 0 aliphatic rings. The second kappa shape index (κ2) is 6.07. The van der Waals surface area contributed by atoms with Gasteiger partial charge in [-0.25, -0.2) is 8.42 Å². The molecule has 0 saturated heterocycles. The predicted molar refractivity (Wildman–Crippen MR) is 66.9 cm³/mol. The van der Waals surface area contributed by atoms with Gasteiger partial charge in [-0.3, -0.25) is 4.79 Å². The summed E-state index contributed by atoms with van der Waals surface area (Å²) in [6, 6.07) is 5.82. The van der Waals surface area contributed by atoms with E-state index in [2.05, 4.69) is 11.2 Å². The van der Waals surface area contributed by atoms with Gasteiger partial charge in [-0.1, -0.05) is 5.92 Å². The van der Waals surface area contributed by atoms with Gasteiger partial charge in [-0.15, -0.1) is 6.42 Å². The Morgan fingerprint density at radius 2 is 2.00 bits per heavy atom. The molecule has 0 unspecified atom stereocenters. The van der Waals surface area contributed by atoms with E-state index >= 15 is 0 Å². The molecule has 1 aromatic carbocycles. The molecule has 1 amide bonds. The third-order valence-electron chi connectivity index (χ3n) is 2.01. The van der Waals surface area contributed by atoms with Gasteiger partial charge in [0.2, 0.25) is 0 Å². The van der Waals surface area contributed by atoms with Crippen LogP contribution in [0.1, 0.15) is 0 Å². The normalized spacial score (nSPS) is 10.4. The minimum Gasteiger partial charge on any atom is -0.484 e. The van der Waals surface area contributed by atoms with Crippen molar-refractivity contribution in [3.05, 3.63) is 24.3 Å². The molecule has 0 heterocycles. The number of rotatable bonds is 5. The summed E-state index contributed by atoms with van der Waals surface area (Å²) in [6.45, 7) is -0.0187. The first-order chi connectivity index (χ1) is 8.43. The molecule has 1 aromatic rings. The first-order valence-electron chi connectivity index (χ1n) is 5.06. The molecule has 1 rings (SSSR count). The summed E-state index contributed by atoms with van der Waals surface area (Å²) < 4.78 is 27.6. The fourth-order valence-electron chi connectivity index (χ4n) is 1.13. The van der Waals surface area contributed by atoms with E-state index in [4.69, 9.17) is 11.2 Å². The Morgan fingerprint density at radius 1 is 1.39 bits per heavy atom. The van der Waals surface area contributed by atoms with E-state index in [-0.39, 0.29) is 24.0 Å². The van der Waals surface area contributed by atoms with Crippen LogP contribution in [0.25, 0.3) is 0 Å². The Balaban J connectivity index is 2.55. The van der Waals surface area contributed by atoms with Gasteiger partial charge < -0.3 is 10.1 Å². The fraction of sp³-hybridized carbons (Fsp3) is 0.250. The van der Waals surface area contributed by atoms with E-state index in [0.717, 1.165) is 6.26 Å². The van der Waals surface area contributed by atoms with E-state index in [9.17, 15) is 13.2 Å². The predicted octanol–water partition coefficient (Wildman–Crippen LogP) is 0.218. The standard InChI is InChI=1S/C12H13NO4S/c1-3-8-13-12(14)9-17-10-4-6-11(7-5-10)18(2,15)16/h1,4-7H,8-9H2,2H3,(H,13,14). The molecule has 0 fully saturated rings. The molecule has 0 spiro atoms. The molecular weight excluding hydrogens is 254 g/mol. The van der Waals surface area contributed by atoms with Crippen molar-refractivity contribution in [3.8, 4) is 18.1 Å². The summed E-state index contributed by atoms with van der Waals surface area (Å²) >= 11 is 0. The van der Waals surface area contributed by atoms with Crippen molar-refractivity contribution in [2.24, 2.45) is 0 Å². The zero-order valence-electron chi connectivity index (χ0n) is 9.84. The van der Waals surface area contributed by atoms with Gasteiger partial charge in [0.25, 0.3) is 5.91 Å².